The van der Waals surface area contributed by atoms with Gasteiger partial charge in [0.05, 0.1) is 0 Å². The molecule has 0 radical (unpaired) electrons. The molecule has 0 saturated carbocycles. The second kappa shape index (κ2) is 4.33. The van der Waals surface area contributed by atoms with Crippen molar-refractivity contribution in [2.24, 2.45) is 0 Å². The van der Waals surface area contributed by atoms with Crippen LogP contribution in [0.1, 0.15) is 12.8 Å². The molecule has 3 heteroatoms. The van der Waals surface area contributed by atoms with Crippen molar-refractivity contribution in [3.8, 4) is 0 Å². The fourth-order valence-corrected chi connectivity index (χ4v) is 2.54. The predicted molar refractivity (Wildman–Crippen MR) is 57.7 cm³/mol. The van der Waals surface area contributed by atoms with Gasteiger partial charge in [-0.25, -0.2) is 0 Å². The molecule has 1 aliphatic heterocycles. The zero-order chi connectivity index (χ0) is 6.69. The predicted octanol–water partition coefficient (Wildman–Crippen LogP) is 1.98. The molecule has 1 heterocycles. The van der Waals surface area contributed by atoms with Gasteiger partial charge in [0.25, 0.3) is 0 Å². The molecule has 0 spiro atoms. The second-order valence-electron chi connectivity index (χ2n) is 2.45. The lowest BCUT2D eigenvalue weighted by molar-refractivity contribution is 0.617. The molecule has 9 heavy (non-hydrogen) atoms. The van der Waals surface area contributed by atoms with Crippen LogP contribution in [0, 0.1) is 0 Å². The van der Waals surface area contributed by atoms with E-state index in [9.17, 15) is 0 Å². The molecule has 0 aromatic rings. The van der Waals surface area contributed by atoms with Crippen LogP contribution >= 0.6 is 45.2 Å². The number of halogens is 2. The lowest BCUT2D eigenvalue weighted by Crippen LogP contribution is -2.31. The zero-order valence-electron chi connectivity index (χ0n) is 5.24. The number of hydrogen-bond acceptors (Lipinski definition) is 1. The van der Waals surface area contributed by atoms with E-state index in [4.69, 9.17) is 0 Å². The van der Waals surface area contributed by atoms with Crippen LogP contribution in [0.25, 0.3) is 0 Å². The quantitative estimate of drug-likeness (QED) is 0.593. The number of hydrogen-bond donors (Lipinski definition) is 1. The molecule has 1 rings (SSSR count). The largest absolute Gasteiger partial charge is 0.310 e. The summed E-state index contributed by atoms with van der Waals surface area (Å²) in [5.74, 6) is 0. The van der Waals surface area contributed by atoms with E-state index >= 15 is 0 Å². The highest BCUT2D eigenvalue weighted by molar-refractivity contribution is 14.1. The lowest BCUT2D eigenvalue weighted by Gasteiger charge is -2.07. The molecule has 1 fully saturated rings. The molecular weight excluding hydrogens is 340 g/mol. The van der Waals surface area contributed by atoms with E-state index in [1.54, 1.807) is 0 Å². The molecule has 1 saturated heterocycles. The summed E-state index contributed by atoms with van der Waals surface area (Å²) in [6.07, 6.45) is 2.77. The third kappa shape index (κ3) is 2.49. The minimum atomic E-state index is 0.811. The fourth-order valence-electron chi connectivity index (χ4n) is 1.15. The van der Waals surface area contributed by atoms with Crippen LogP contribution in [0.5, 0.6) is 0 Å². The first-order chi connectivity index (χ1) is 4.36. The fraction of sp³-hybridized carbons (Fsp3) is 1.00. The molecular formula is C6H11I2N. The van der Waals surface area contributed by atoms with Crippen molar-refractivity contribution in [1.29, 1.82) is 0 Å². The number of alkyl halides is 2. The maximum atomic E-state index is 3.58. The van der Waals surface area contributed by atoms with Crippen LogP contribution in [0.4, 0.5) is 0 Å². The van der Waals surface area contributed by atoms with Gasteiger partial charge in [-0.2, -0.15) is 0 Å². The highest BCUT2D eigenvalue weighted by Gasteiger charge is 2.20. The molecule has 2 unspecified atom stereocenters. The van der Waals surface area contributed by atoms with E-state index in [1.165, 1.54) is 21.7 Å². The summed E-state index contributed by atoms with van der Waals surface area (Å²) in [6, 6.07) is 1.62. The summed E-state index contributed by atoms with van der Waals surface area (Å²) < 4.78 is 2.54. The van der Waals surface area contributed by atoms with Gasteiger partial charge in [-0.15, -0.1) is 0 Å². The van der Waals surface area contributed by atoms with Crippen molar-refractivity contribution in [3.05, 3.63) is 0 Å². The first-order valence-electron chi connectivity index (χ1n) is 3.24. The molecule has 1 N–H and O–H groups in total. The van der Waals surface area contributed by atoms with Gasteiger partial charge in [0.15, 0.2) is 0 Å². The SMILES string of the molecule is ICC1CCC(CI)N1. The second-order valence-corrected chi connectivity index (χ2v) is 4.21. The Bertz CT molecular complexity index is 77.1. The smallest absolute Gasteiger partial charge is 0.0160 e. The van der Waals surface area contributed by atoms with Gasteiger partial charge in [0, 0.05) is 20.9 Å². The maximum absolute atomic E-state index is 3.58. The first kappa shape index (κ1) is 8.52. The summed E-state index contributed by atoms with van der Waals surface area (Å²) in [6.45, 7) is 0. The van der Waals surface area contributed by atoms with Crippen molar-refractivity contribution < 1.29 is 0 Å². The molecule has 54 valence electrons. The maximum Gasteiger partial charge on any atom is 0.0160 e. The number of nitrogens with one attached hydrogen (secondary N) is 1. The Hall–Kier alpha value is 1.42. The molecule has 0 aliphatic carbocycles. The van der Waals surface area contributed by atoms with Gasteiger partial charge in [-0.1, -0.05) is 45.2 Å². The summed E-state index contributed by atoms with van der Waals surface area (Å²) >= 11 is 4.90. The van der Waals surface area contributed by atoms with E-state index in [2.05, 4.69) is 50.5 Å². The van der Waals surface area contributed by atoms with Crippen LogP contribution in [0.15, 0.2) is 0 Å². The van der Waals surface area contributed by atoms with E-state index in [0.29, 0.717) is 0 Å². The molecule has 0 amide bonds. The molecule has 0 bridgehead atoms. The third-order valence-corrected chi connectivity index (χ3v) is 3.83. The van der Waals surface area contributed by atoms with Gasteiger partial charge in [-0.3, -0.25) is 0 Å². The summed E-state index contributed by atoms with van der Waals surface area (Å²) in [5, 5.41) is 3.58. The molecule has 2 atom stereocenters. The van der Waals surface area contributed by atoms with Gasteiger partial charge in [0.1, 0.15) is 0 Å². The zero-order valence-corrected chi connectivity index (χ0v) is 9.55. The Balaban J connectivity index is 2.20. The Kier molecular flexibility index (Phi) is 4.10. The van der Waals surface area contributed by atoms with Gasteiger partial charge >= 0.3 is 0 Å². The van der Waals surface area contributed by atoms with Crippen LogP contribution in [0.2, 0.25) is 0 Å². The van der Waals surface area contributed by atoms with Crippen LogP contribution in [-0.4, -0.2) is 20.9 Å². The monoisotopic (exact) mass is 351 g/mol. The van der Waals surface area contributed by atoms with Crippen molar-refractivity contribution in [2.75, 3.05) is 8.86 Å². The minimum absolute atomic E-state index is 0.811. The van der Waals surface area contributed by atoms with Gasteiger partial charge in [-0.05, 0) is 12.8 Å². The van der Waals surface area contributed by atoms with E-state index in [1.807, 2.05) is 0 Å². The standard InChI is InChI=1S/C6H11I2N/c7-3-5-1-2-6(4-8)9-5/h5-6,9H,1-4H2. The first-order valence-corrected chi connectivity index (χ1v) is 6.30. The van der Waals surface area contributed by atoms with E-state index in [-0.39, 0.29) is 0 Å². The van der Waals surface area contributed by atoms with Crippen molar-refractivity contribution in [1.82, 2.24) is 5.32 Å². The molecule has 0 aromatic heterocycles. The van der Waals surface area contributed by atoms with E-state index in [0.717, 1.165) is 12.1 Å². The number of rotatable bonds is 2. The normalized spacial score (nSPS) is 35.3. The Morgan fingerprint density at radius 3 is 1.78 bits per heavy atom. The Morgan fingerprint density at radius 1 is 1.11 bits per heavy atom. The highest BCUT2D eigenvalue weighted by Crippen LogP contribution is 2.15. The topological polar surface area (TPSA) is 12.0 Å². The van der Waals surface area contributed by atoms with Crippen molar-refractivity contribution in [3.63, 3.8) is 0 Å². The van der Waals surface area contributed by atoms with Crippen molar-refractivity contribution >= 4 is 45.2 Å². The molecule has 0 aromatic carbocycles. The summed E-state index contributed by atoms with van der Waals surface area (Å²) in [7, 11) is 0. The van der Waals surface area contributed by atoms with Crippen molar-refractivity contribution in [2.45, 2.75) is 24.9 Å². The Morgan fingerprint density at radius 2 is 1.56 bits per heavy atom. The Labute approximate surface area is 83.6 Å². The van der Waals surface area contributed by atoms with Crippen LogP contribution in [-0.2, 0) is 0 Å². The molecule has 1 aliphatic rings. The minimum Gasteiger partial charge on any atom is -0.310 e. The van der Waals surface area contributed by atoms with E-state index < -0.39 is 0 Å². The van der Waals surface area contributed by atoms with Gasteiger partial charge < -0.3 is 5.32 Å². The highest BCUT2D eigenvalue weighted by atomic mass is 127. The van der Waals surface area contributed by atoms with Crippen LogP contribution < -0.4 is 5.32 Å². The van der Waals surface area contributed by atoms with Crippen LogP contribution in [0.3, 0.4) is 0 Å². The summed E-state index contributed by atoms with van der Waals surface area (Å²) in [4.78, 5) is 0. The summed E-state index contributed by atoms with van der Waals surface area (Å²) in [5.41, 5.74) is 0. The lowest BCUT2D eigenvalue weighted by atomic mass is 10.2. The molecule has 1 nitrogen and oxygen atoms in total. The average molecular weight is 351 g/mol. The van der Waals surface area contributed by atoms with Gasteiger partial charge in [0.2, 0.25) is 0 Å². The average Bonchev–Trinajstić information content (AvgIpc) is 2.34. The third-order valence-electron chi connectivity index (χ3n) is 1.71.